The van der Waals surface area contributed by atoms with Crippen molar-refractivity contribution in [3.8, 4) is 17.2 Å². The molecule has 0 amide bonds. The molecule has 4 rings (SSSR count). The molecule has 1 fully saturated rings. The van der Waals surface area contributed by atoms with E-state index in [0.717, 1.165) is 12.8 Å². The number of para-hydroxylation sites is 1. The zero-order chi connectivity index (χ0) is 24.2. The lowest BCUT2D eigenvalue weighted by atomic mass is 10.2. The number of benzene rings is 1. The van der Waals surface area contributed by atoms with Gasteiger partial charge in [-0.3, -0.25) is 9.98 Å². The van der Waals surface area contributed by atoms with Gasteiger partial charge in [-0.15, -0.1) is 0 Å². The fourth-order valence-electron chi connectivity index (χ4n) is 3.63. The van der Waals surface area contributed by atoms with Crippen molar-refractivity contribution >= 4 is 17.3 Å². The van der Waals surface area contributed by atoms with Crippen LogP contribution in [-0.4, -0.2) is 53.0 Å². The summed E-state index contributed by atoms with van der Waals surface area (Å²) < 4.78 is 37.9. The number of amidine groups is 1. The maximum absolute atomic E-state index is 12.7. The number of unbranched alkanes of at least 4 members (excludes halogenated alkanes) is 1. The van der Waals surface area contributed by atoms with E-state index in [0.29, 0.717) is 36.0 Å². The Bertz CT molecular complexity index is 1100. The third-order valence-corrected chi connectivity index (χ3v) is 5.24. The minimum atomic E-state index is -1.49. The monoisotopic (exact) mass is 448 g/mol. The summed E-state index contributed by atoms with van der Waals surface area (Å²) in [7, 11) is -1.49. The van der Waals surface area contributed by atoms with Gasteiger partial charge in [0.1, 0.15) is 23.8 Å². The van der Waals surface area contributed by atoms with Gasteiger partial charge >= 0.3 is 5.69 Å². The number of aromatic nitrogens is 2. The summed E-state index contributed by atoms with van der Waals surface area (Å²) in [6.45, 7) is 0.298. The van der Waals surface area contributed by atoms with Crippen molar-refractivity contribution in [1.29, 1.82) is 5.41 Å². The number of aliphatic hydroxyl groups is 1. The van der Waals surface area contributed by atoms with Crippen molar-refractivity contribution in [3.63, 3.8) is 0 Å². The van der Waals surface area contributed by atoms with Crippen LogP contribution in [0.1, 0.15) is 34.7 Å². The van der Waals surface area contributed by atoms with Gasteiger partial charge < -0.3 is 35.1 Å². The standard InChI is InChI=1S/C21H27N5O6/c1-29-11-16-12(27)9-18(32-16)26-10-15-20(25-21(26)28)24-19-13(5-4-6-14(19)31-15)30-8-3-2-7-17(22)23/h4-6,10,12,16,18,27H,2-3,7-9,11H2,1H3,(H3,22,23)(H,24,25,28)/t12-,16-,18-/m1/s1/i1TD/t1?,12-,16-,18-. The maximum atomic E-state index is 12.7. The van der Waals surface area contributed by atoms with Gasteiger partial charge in [-0.25, -0.2) is 4.79 Å². The second-order valence-electron chi connectivity index (χ2n) is 7.60. The average Bonchev–Trinajstić information content (AvgIpc) is 3.16. The number of hydrogen-bond donors (Lipinski definition) is 4. The molecule has 1 aromatic carbocycles. The van der Waals surface area contributed by atoms with Gasteiger partial charge in [0, 0.05) is 19.9 Å². The first-order chi connectivity index (χ1) is 16.3. The van der Waals surface area contributed by atoms with Crippen molar-refractivity contribution < 1.29 is 26.8 Å². The number of nitrogens with one attached hydrogen (secondary N) is 2. The van der Waals surface area contributed by atoms with Crippen LogP contribution in [0.4, 0.5) is 11.5 Å². The molecule has 0 saturated carbocycles. The van der Waals surface area contributed by atoms with Gasteiger partial charge in [0.15, 0.2) is 17.3 Å². The first kappa shape index (κ1) is 19.5. The van der Waals surface area contributed by atoms with Crippen LogP contribution in [0.2, 0.25) is 0 Å². The number of rotatable bonds is 9. The van der Waals surface area contributed by atoms with Crippen molar-refractivity contribution in [1.82, 2.24) is 9.55 Å². The quantitative estimate of drug-likeness (QED) is 0.218. The zero-order valence-corrected chi connectivity index (χ0v) is 17.3. The third-order valence-electron chi connectivity index (χ3n) is 5.24. The molecule has 11 nitrogen and oxygen atoms in total. The molecule has 0 radical (unpaired) electrons. The van der Waals surface area contributed by atoms with Gasteiger partial charge in [0.25, 0.3) is 0 Å². The topological polar surface area (TPSA) is 154 Å². The number of anilines is 2. The number of fused-ring (bicyclic) bond motifs is 2. The van der Waals surface area contributed by atoms with Gasteiger partial charge in [0.05, 0.1) is 34.1 Å². The second kappa shape index (κ2) is 9.55. The molecule has 1 saturated heterocycles. The Hall–Kier alpha value is -3.15. The Labute approximate surface area is 187 Å². The highest BCUT2D eigenvalue weighted by molar-refractivity contribution is 5.77. The van der Waals surface area contributed by atoms with Gasteiger partial charge in [-0.1, -0.05) is 6.07 Å². The van der Waals surface area contributed by atoms with Crippen LogP contribution in [0.25, 0.3) is 0 Å². The average molecular weight is 448 g/mol. The predicted molar refractivity (Wildman–Crippen MR) is 116 cm³/mol. The summed E-state index contributed by atoms with van der Waals surface area (Å²) in [6, 6.07) is 5.32. The van der Waals surface area contributed by atoms with E-state index in [-0.39, 0.29) is 24.7 Å². The molecule has 0 bridgehead atoms. The predicted octanol–water partition coefficient (Wildman–Crippen LogP) is 1.87. The number of ether oxygens (including phenoxy) is 4. The Morgan fingerprint density at radius 1 is 1.53 bits per heavy atom. The van der Waals surface area contributed by atoms with Crippen LogP contribution in [0.15, 0.2) is 29.2 Å². The molecule has 1 unspecified atom stereocenters. The minimum Gasteiger partial charge on any atom is -0.491 e. The van der Waals surface area contributed by atoms with Crippen molar-refractivity contribution in [3.05, 3.63) is 34.9 Å². The molecule has 11 heteroatoms. The van der Waals surface area contributed by atoms with Gasteiger partial charge in [-0.2, -0.15) is 4.98 Å². The lowest BCUT2D eigenvalue weighted by Gasteiger charge is -2.24. The number of methoxy groups -OCH3 is 1. The molecule has 2 aromatic rings. The normalized spacial score (nSPS) is 23.1. The molecule has 0 aliphatic carbocycles. The van der Waals surface area contributed by atoms with Crippen LogP contribution in [0.3, 0.4) is 0 Å². The Kier molecular flexibility index (Phi) is 5.83. The van der Waals surface area contributed by atoms with E-state index in [9.17, 15) is 9.90 Å². The highest BCUT2D eigenvalue weighted by atomic mass is 16.6. The van der Waals surface area contributed by atoms with Crippen molar-refractivity contribution in [2.24, 2.45) is 5.73 Å². The molecule has 2 aliphatic rings. The minimum absolute atomic E-state index is 0.126. The van der Waals surface area contributed by atoms with Gasteiger partial charge in [-0.05, 0) is 25.0 Å². The molecule has 1 aromatic heterocycles. The summed E-state index contributed by atoms with van der Waals surface area (Å²) >= 11 is 0. The zero-order valence-electron chi connectivity index (χ0n) is 19.3. The molecular formula is C21H27N5O6. The molecule has 3 heterocycles. The van der Waals surface area contributed by atoms with Crippen molar-refractivity contribution in [2.45, 2.75) is 44.1 Å². The second-order valence-corrected chi connectivity index (χ2v) is 7.60. The van der Waals surface area contributed by atoms with Crippen LogP contribution >= 0.6 is 0 Å². The molecule has 32 heavy (non-hydrogen) atoms. The van der Waals surface area contributed by atoms with E-state index in [1.165, 1.54) is 10.8 Å². The van der Waals surface area contributed by atoms with E-state index in [2.05, 4.69) is 10.3 Å². The van der Waals surface area contributed by atoms with E-state index >= 15 is 0 Å². The number of aliphatic hydroxyl groups excluding tert-OH is 1. The lowest BCUT2D eigenvalue weighted by molar-refractivity contribution is -0.0547. The summed E-state index contributed by atoms with van der Waals surface area (Å²) in [5.41, 5.74) is 5.32. The first-order valence-electron chi connectivity index (χ1n) is 11.4. The molecule has 2 aliphatic heterocycles. The fourth-order valence-corrected chi connectivity index (χ4v) is 3.63. The summed E-state index contributed by atoms with van der Waals surface area (Å²) in [5.74, 6) is 1.73. The van der Waals surface area contributed by atoms with E-state index in [1.54, 1.807) is 18.2 Å². The summed E-state index contributed by atoms with van der Waals surface area (Å²) in [6.07, 6.45) is 1.12. The first-order valence-corrected chi connectivity index (χ1v) is 10.3. The molecule has 0 spiro atoms. The highest BCUT2D eigenvalue weighted by Crippen LogP contribution is 2.45. The fraction of sp³-hybridized carbons (Fsp3) is 0.476. The largest absolute Gasteiger partial charge is 0.491 e. The number of nitrogens with two attached hydrogens (primary N) is 1. The SMILES string of the molecule is [2H]C([3H])OC[C@H]1O[C@@H](n2cc3c(nc2=O)Nc2c(OCCCCC(=N)N)cccc2O3)C[C@H]1O. The van der Waals surface area contributed by atoms with Crippen LogP contribution < -0.4 is 26.2 Å². The Morgan fingerprint density at radius 3 is 3.22 bits per heavy atom. The van der Waals surface area contributed by atoms with Gasteiger partial charge in [0.2, 0.25) is 0 Å². The van der Waals surface area contributed by atoms with E-state index < -0.39 is 31.2 Å². The summed E-state index contributed by atoms with van der Waals surface area (Å²) in [5, 5.41) is 20.6. The van der Waals surface area contributed by atoms with Crippen LogP contribution in [0, 0.1) is 5.41 Å². The molecular weight excluding hydrogens is 418 g/mol. The van der Waals surface area contributed by atoms with Crippen LogP contribution in [0.5, 0.6) is 17.2 Å². The van der Waals surface area contributed by atoms with Crippen molar-refractivity contribution in [2.75, 3.05) is 25.6 Å². The van der Waals surface area contributed by atoms with Crippen LogP contribution in [-0.2, 0) is 9.47 Å². The lowest BCUT2D eigenvalue weighted by Crippen LogP contribution is -2.29. The maximum Gasteiger partial charge on any atom is 0.351 e. The highest BCUT2D eigenvalue weighted by Gasteiger charge is 2.36. The molecule has 172 valence electrons. The number of hydrogen-bond acceptors (Lipinski definition) is 9. The van der Waals surface area contributed by atoms with E-state index in [4.69, 9.17) is 32.8 Å². The van der Waals surface area contributed by atoms with E-state index in [1.807, 2.05) is 0 Å². The smallest absolute Gasteiger partial charge is 0.351 e. The molecule has 5 N–H and O–H groups in total. The number of nitrogens with zero attached hydrogens (tertiary/aromatic N) is 2. The third kappa shape index (κ3) is 4.69. The molecule has 4 atom stereocenters. The Morgan fingerprint density at radius 2 is 2.41 bits per heavy atom. The summed E-state index contributed by atoms with van der Waals surface area (Å²) in [4.78, 5) is 16.8. The Balaban J connectivity index is 1.46.